The Morgan fingerprint density at radius 2 is 1.92 bits per heavy atom. The molecular weight excluding hydrogens is 346 g/mol. The maximum atomic E-state index is 12.6. The van der Waals surface area contributed by atoms with Crippen molar-refractivity contribution in [3.05, 3.63) is 58.1 Å². The number of benzene rings is 2. The zero-order valence-electron chi connectivity index (χ0n) is 13.2. The van der Waals surface area contributed by atoms with Gasteiger partial charge < -0.3 is 8.60 Å². The van der Waals surface area contributed by atoms with Gasteiger partial charge in [0, 0.05) is 30.7 Å². The monoisotopic (exact) mass is 359 g/mol. The van der Waals surface area contributed by atoms with Crippen molar-refractivity contribution in [2.75, 3.05) is 0 Å². The minimum absolute atomic E-state index is 0.0228. The second-order valence-corrected chi connectivity index (χ2v) is 7.35. The average molecular weight is 359 g/mol. The van der Waals surface area contributed by atoms with Crippen LogP contribution in [0.1, 0.15) is 22.3 Å². The van der Waals surface area contributed by atoms with E-state index in [9.17, 15) is 18.0 Å². The molecule has 7 nitrogen and oxygen atoms in total. The van der Waals surface area contributed by atoms with E-state index in [0.29, 0.717) is 29.5 Å². The van der Waals surface area contributed by atoms with Crippen LogP contribution in [0.4, 0.5) is 0 Å². The topological polar surface area (TPSA) is 95.6 Å². The van der Waals surface area contributed by atoms with Crippen LogP contribution >= 0.6 is 0 Å². The first-order chi connectivity index (χ1) is 11.9. The summed E-state index contributed by atoms with van der Waals surface area (Å²) in [7, 11) is -2.60. The normalized spacial score (nSPS) is 14.0. The number of carbonyl (C=O) groups is 1. The first-order valence-corrected chi connectivity index (χ1v) is 8.97. The van der Waals surface area contributed by atoms with Crippen LogP contribution in [-0.4, -0.2) is 18.8 Å². The van der Waals surface area contributed by atoms with E-state index in [-0.39, 0.29) is 22.0 Å². The predicted octanol–water partition coefficient (Wildman–Crippen LogP) is 2.03. The molecule has 128 valence electrons. The Hall–Kier alpha value is -2.87. The summed E-state index contributed by atoms with van der Waals surface area (Å²) in [4.78, 5) is 23.2. The third-order valence-electron chi connectivity index (χ3n) is 4.29. The Bertz CT molecular complexity index is 1190. The summed E-state index contributed by atoms with van der Waals surface area (Å²) in [5.74, 6) is -0.451. The second-order valence-electron chi connectivity index (χ2n) is 5.80. The SMILES string of the molecule is Cn1c(=O)oc2cc(S(=O)(=O)Oc3cccc4c3CCC4=O)ccc21. The molecule has 0 unspecified atom stereocenters. The van der Waals surface area contributed by atoms with Crippen LogP contribution in [0.15, 0.2) is 50.5 Å². The number of nitrogens with zero attached hydrogens (tertiary/aromatic N) is 1. The van der Waals surface area contributed by atoms with Gasteiger partial charge in [-0.15, -0.1) is 0 Å². The molecule has 0 saturated heterocycles. The fourth-order valence-corrected chi connectivity index (χ4v) is 3.95. The molecule has 0 fully saturated rings. The summed E-state index contributed by atoms with van der Waals surface area (Å²) < 4.78 is 36.7. The quantitative estimate of drug-likeness (QED) is 0.664. The average Bonchev–Trinajstić information content (AvgIpc) is 3.09. The highest BCUT2D eigenvalue weighted by Gasteiger charge is 2.26. The summed E-state index contributed by atoms with van der Waals surface area (Å²) in [6.45, 7) is 0. The highest BCUT2D eigenvalue weighted by Crippen LogP contribution is 2.32. The zero-order valence-corrected chi connectivity index (χ0v) is 14.0. The van der Waals surface area contributed by atoms with Gasteiger partial charge in [-0.3, -0.25) is 9.36 Å². The Balaban J connectivity index is 1.76. The highest BCUT2D eigenvalue weighted by atomic mass is 32.2. The van der Waals surface area contributed by atoms with Crippen molar-refractivity contribution in [1.29, 1.82) is 0 Å². The maximum absolute atomic E-state index is 12.6. The van der Waals surface area contributed by atoms with Crippen molar-refractivity contribution in [3.8, 4) is 5.75 Å². The van der Waals surface area contributed by atoms with Crippen molar-refractivity contribution in [3.63, 3.8) is 0 Å². The summed E-state index contributed by atoms with van der Waals surface area (Å²) >= 11 is 0. The molecule has 0 N–H and O–H groups in total. The van der Waals surface area contributed by atoms with Gasteiger partial charge in [0.15, 0.2) is 11.4 Å². The Labute approximate surface area is 142 Å². The number of hydrogen-bond donors (Lipinski definition) is 0. The molecule has 3 aromatic rings. The third kappa shape index (κ3) is 2.45. The second kappa shape index (κ2) is 5.32. The number of hydrogen-bond acceptors (Lipinski definition) is 6. The van der Waals surface area contributed by atoms with E-state index in [1.807, 2.05) is 0 Å². The Kier molecular flexibility index (Phi) is 3.33. The van der Waals surface area contributed by atoms with Gasteiger partial charge in [-0.25, -0.2) is 4.79 Å². The molecule has 0 amide bonds. The van der Waals surface area contributed by atoms with E-state index in [2.05, 4.69) is 0 Å². The van der Waals surface area contributed by atoms with Gasteiger partial charge in [0.2, 0.25) is 0 Å². The van der Waals surface area contributed by atoms with E-state index in [0.717, 1.165) is 0 Å². The minimum atomic E-state index is -4.13. The van der Waals surface area contributed by atoms with Gasteiger partial charge in [0.25, 0.3) is 0 Å². The highest BCUT2D eigenvalue weighted by molar-refractivity contribution is 7.87. The van der Waals surface area contributed by atoms with E-state index in [4.69, 9.17) is 8.60 Å². The van der Waals surface area contributed by atoms with Gasteiger partial charge in [-0.2, -0.15) is 8.42 Å². The molecule has 0 radical (unpaired) electrons. The summed E-state index contributed by atoms with van der Waals surface area (Å²) in [5.41, 5.74) is 1.74. The fraction of sp³-hybridized carbons (Fsp3) is 0.176. The lowest BCUT2D eigenvalue weighted by molar-refractivity contribution is 0.0994. The number of oxazole rings is 1. The van der Waals surface area contributed by atoms with E-state index in [1.54, 1.807) is 12.1 Å². The van der Waals surface area contributed by atoms with Crippen molar-refractivity contribution in [2.45, 2.75) is 17.7 Å². The number of aryl methyl sites for hydroxylation is 1. The van der Waals surface area contributed by atoms with Crippen molar-refractivity contribution in [2.24, 2.45) is 7.05 Å². The number of carbonyl (C=O) groups excluding carboxylic acids is 1. The molecule has 0 spiro atoms. The number of rotatable bonds is 3. The van der Waals surface area contributed by atoms with Gasteiger partial charge in [0.1, 0.15) is 10.6 Å². The summed E-state index contributed by atoms with van der Waals surface area (Å²) in [6.07, 6.45) is 0.795. The first kappa shape index (κ1) is 15.6. The standard InChI is InChI=1S/C17H13NO6S/c1-18-13-7-5-10(9-16(13)23-17(18)20)25(21,22)24-15-4-2-3-11-12(15)6-8-14(11)19/h2-5,7,9H,6,8H2,1H3. The molecule has 1 heterocycles. The molecule has 1 aromatic heterocycles. The van der Waals surface area contributed by atoms with E-state index in [1.165, 1.54) is 35.9 Å². The van der Waals surface area contributed by atoms with Crippen molar-refractivity contribution < 1.29 is 21.8 Å². The van der Waals surface area contributed by atoms with Crippen LogP contribution in [0.5, 0.6) is 5.75 Å². The van der Waals surface area contributed by atoms with Crippen LogP contribution in [-0.2, 0) is 23.6 Å². The molecule has 0 saturated carbocycles. The number of aromatic nitrogens is 1. The lowest BCUT2D eigenvalue weighted by Crippen LogP contribution is -2.11. The molecule has 1 aliphatic rings. The molecule has 0 bridgehead atoms. The molecule has 2 aromatic carbocycles. The van der Waals surface area contributed by atoms with Gasteiger partial charge >= 0.3 is 15.9 Å². The van der Waals surface area contributed by atoms with E-state index < -0.39 is 15.9 Å². The number of ketones is 1. The molecule has 0 aliphatic heterocycles. The third-order valence-corrected chi connectivity index (χ3v) is 5.52. The smallest absolute Gasteiger partial charge is 0.408 e. The Morgan fingerprint density at radius 1 is 1.12 bits per heavy atom. The number of Topliss-reactive ketones (excluding diaryl/α,β-unsaturated/α-hetero) is 1. The minimum Gasteiger partial charge on any atom is -0.408 e. The zero-order chi connectivity index (χ0) is 17.8. The van der Waals surface area contributed by atoms with Crippen LogP contribution < -0.4 is 9.94 Å². The van der Waals surface area contributed by atoms with Gasteiger partial charge in [0.05, 0.1) is 5.52 Å². The lowest BCUT2D eigenvalue weighted by atomic mass is 10.1. The molecule has 1 aliphatic carbocycles. The van der Waals surface area contributed by atoms with Crippen LogP contribution in [0, 0.1) is 0 Å². The fourth-order valence-electron chi connectivity index (χ4n) is 2.97. The number of fused-ring (bicyclic) bond motifs is 2. The summed E-state index contributed by atoms with van der Waals surface area (Å²) in [5, 5.41) is 0. The molecule has 8 heteroatoms. The van der Waals surface area contributed by atoms with Crippen LogP contribution in [0.2, 0.25) is 0 Å². The van der Waals surface area contributed by atoms with Gasteiger partial charge in [-0.1, -0.05) is 12.1 Å². The largest absolute Gasteiger partial charge is 0.419 e. The molecule has 25 heavy (non-hydrogen) atoms. The van der Waals surface area contributed by atoms with Crippen molar-refractivity contribution >= 4 is 27.0 Å². The lowest BCUT2D eigenvalue weighted by Gasteiger charge is -2.10. The first-order valence-electron chi connectivity index (χ1n) is 7.56. The molecule has 4 rings (SSSR count). The molecular formula is C17H13NO6S. The molecule has 0 atom stereocenters. The Morgan fingerprint density at radius 3 is 2.72 bits per heavy atom. The van der Waals surface area contributed by atoms with Crippen molar-refractivity contribution in [1.82, 2.24) is 4.57 Å². The van der Waals surface area contributed by atoms with E-state index >= 15 is 0 Å². The summed E-state index contributed by atoms with van der Waals surface area (Å²) in [6, 6.07) is 8.86. The van der Waals surface area contributed by atoms with Crippen LogP contribution in [0.25, 0.3) is 11.1 Å². The van der Waals surface area contributed by atoms with Crippen LogP contribution in [0.3, 0.4) is 0 Å². The van der Waals surface area contributed by atoms with Gasteiger partial charge in [-0.05, 0) is 24.6 Å². The predicted molar refractivity (Wildman–Crippen MR) is 88.4 cm³/mol. The maximum Gasteiger partial charge on any atom is 0.419 e.